The van der Waals surface area contributed by atoms with Crippen LogP contribution in [0, 0.1) is 10.7 Å². The standard InChI is InChI=1S/C11H11I3O2/c1-3-10(15)6(2)16-11-8(13)4-7(12)5-9(11)14/h4-6H,3H2,1-2H3. The quantitative estimate of drug-likeness (QED) is 0.520. The van der Waals surface area contributed by atoms with Crippen molar-refractivity contribution < 1.29 is 9.53 Å². The molecule has 16 heavy (non-hydrogen) atoms. The zero-order valence-electron chi connectivity index (χ0n) is 8.89. The van der Waals surface area contributed by atoms with Gasteiger partial charge in [0.1, 0.15) is 5.75 Å². The molecule has 0 saturated heterocycles. The number of ether oxygens (including phenoxy) is 1. The fourth-order valence-corrected chi connectivity index (χ4v) is 5.01. The van der Waals surface area contributed by atoms with E-state index in [1.165, 1.54) is 3.57 Å². The molecule has 0 aliphatic heterocycles. The second-order valence-electron chi connectivity index (χ2n) is 3.28. The Hall–Kier alpha value is 0.880. The van der Waals surface area contributed by atoms with Crippen molar-refractivity contribution in [2.24, 2.45) is 0 Å². The molecular formula is C11H11I3O2. The highest BCUT2D eigenvalue weighted by Crippen LogP contribution is 2.30. The van der Waals surface area contributed by atoms with Gasteiger partial charge in [-0.25, -0.2) is 0 Å². The summed E-state index contributed by atoms with van der Waals surface area (Å²) in [6, 6.07) is 4.09. The monoisotopic (exact) mass is 556 g/mol. The summed E-state index contributed by atoms with van der Waals surface area (Å²) in [5.41, 5.74) is 0. The Bertz CT molecular complexity index is 381. The Balaban J connectivity index is 2.93. The summed E-state index contributed by atoms with van der Waals surface area (Å²) in [4.78, 5) is 11.5. The van der Waals surface area contributed by atoms with Gasteiger partial charge in [0.05, 0.1) is 7.14 Å². The summed E-state index contributed by atoms with van der Waals surface area (Å²) in [5.74, 6) is 0.945. The van der Waals surface area contributed by atoms with Crippen LogP contribution in [0.2, 0.25) is 0 Å². The Morgan fingerprint density at radius 2 is 1.81 bits per heavy atom. The van der Waals surface area contributed by atoms with Gasteiger partial charge in [0.2, 0.25) is 0 Å². The minimum absolute atomic E-state index is 0.130. The van der Waals surface area contributed by atoms with Crippen LogP contribution in [0.5, 0.6) is 5.75 Å². The molecule has 1 aromatic carbocycles. The summed E-state index contributed by atoms with van der Waals surface area (Å²) >= 11 is 6.74. The molecule has 0 aromatic heterocycles. The molecule has 0 spiro atoms. The Kier molecular flexibility index (Phi) is 6.27. The molecule has 1 atom stereocenters. The number of halogens is 3. The average Bonchev–Trinajstić information content (AvgIpc) is 2.21. The molecule has 1 aromatic rings. The van der Waals surface area contributed by atoms with Gasteiger partial charge in [0.25, 0.3) is 0 Å². The molecule has 0 saturated carbocycles. The van der Waals surface area contributed by atoms with E-state index in [-0.39, 0.29) is 11.9 Å². The van der Waals surface area contributed by atoms with Gasteiger partial charge in [-0.1, -0.05) is 6.92 Å². The van der Waals surface area contributed by atoms with Gasteiger partial charge < -0.3 is 4.74 Å². The first-order chi connectivity index (χ1) is 7.45. The van der Waals surface area contributed by atoms with Crippen LogP contribution in [0.1, 0.15) is 20.3 Å². The third-order valence-corrected chi connectivity index (χ3v) is 4.28. The molecule has 0 heterocycles. The largest absolute Gasteiger partial charge is 0.481 e. The zero-order chi connectivity index (χ0) is 12.3. The lowest BCUT2D eigenvalue weighted by molar-refractivity contribution is -0.124. The number of benzene rings is 1. The molecule has 88 valence electrons. The second-order valence-corrected chi connectivity index (χ2v) is 6.85. The van der Waals surface area contributed by atoms with Crippen LogP contribution in [0.3, 0.4) is 0 Å². The molecule has 0 bridgehead atoms. The summed E-state index contributed by atoms with van der Waals surface area (Å²) in [6.45, 7) is 3.65. The number of rotatable bonds is 4. The Morgan fingerprint density at radius 1 is 1.31 bits per heavy atom. The van der Waals surface area contributed by atoms with Crippen molar-refractivity contribution in [3.63, 3.8) is 0 Å². The first kappa shape index (κ1) is 14.9. The number of carbonyl (C=O) groups excluding carboxylic acids is 1. The third-order valence-electron chi connectivity index (χ3n) is 2.06. The van der Waals surface area contributed by atoms with E-state index >= 15 is 0 Å². The number of hydrogen-bond donors (Lipinski definition) is 0. The van der Waals surface area contributed by atoms with Gasteiger partial charge in [-0.05, 0) is 86.8 Å². The van der Waals surface area contributed by atoms with Gasteiger partial charge in [0, 0.05) is 9.99 Å². The van der Waals surface area contributed by atoms with Gasteiger partial charge >= 0.3 is 0 Å². The molecule has 5 heteroatoms. The molecule has 1 rings (SSSR count). The van der Waals surface area contributed by atoms with Gasteiger partial charge in [-0.3, -0.25) is 4.79 Å². The molecule has 0 aliphatic carbocycles. The molecule has 0 amide bonds. The first-order valence-corrected chi connectivity index (χ1v) is 8.03. The second kappa shape index (κ2) is 6.72. The molecule has 0 N–H and O–H groups in total. The van der Waals surface area contributed by atoms with Crippen molar-refractivity contribution in [1.29, 1.82) is 0 Å². The average molecular weight is 556 g/mol. The molecule has 0 radical (unpaired) electrons. The van der Waals surface area contributed by atoms with Gasteiger partial charge in [-0.15, -0.1) is 0 Å². The van der Waals surface area contributed by atoms with Crippen LogP contribution in [0.4, 0.5) is 0 Å². The van der Waals surface area contributed by atoms with E-state index in [9.17, 15) is 4.79 Å². The van der Waals surface area contributed by atoms with Crippen LogP contribution in [-0.2, 0) is 4.79 Å². The third kappa shape index (κ3) is 3.97. The summed E-state index contributed by atoms with van der Waals surface area (Å²) in [7, 11) is 0. The predicted molar refractivity (Wildman–Crippen MR) is 90.0 cm³/mol. The summed E-state index contributed by atoms with van der Waals surface area (Å²) in [5, 5.41) is 0. The van der Waals surface area contributed by atoms with E-state index in [0.717, 1.165) is 12.9 Å². The fraction of sp³-hybridized carbons (Fsp3) is 0.364. The van der Waals surface area contributed by atoms with Crippen LogP contribution < -0.4 is 4.74 Å². The first-order valence-electron chi connectivity index (χ1n) is 4.79. The molecule has 0 fully saturated rings. The predicted octanol–water partition coefficient (Wildman–Crippen LogP) is 4.25. The lowest BCUT2D eigenvalue weighted by atomic mass is 10.2. The van der Waals surface area contributed by atoms with Crippen molar-refractivity contribution in [3.05, 3.63) is 22.8 Å². The summed E-state index contributed by atoms with van der Waals surface area (Å²) < 4.78 is 8.98. The molecule has 2 nitrogen and oxygen atoms in total. The van der Waals surface area contributed by atoms with Crippen molar-refractivity contribution >= 4 is 73.6 Å². The fourth-order valence-electron chi connectivity index (χ4n) is 1.17. The zero-order valence-corrected chi connectivity index (χ0v) is 15.4. The van der Waals surface area contributed by atoms with Crippen molar-refractivity contribution in [2.75, 3.05) is 0 Å². The van der Waals surface area contributed by atoms with Crippen LogP contribution in [0.25, 0.3) is 0 Å². The minimum Gasteiger partial charge on any atom is -0.481 e. The molecule has 0 aliphatic rings. The van der Waals surface area contributed by atoms with Crippen molar-refractivity contribution in [1.82, 2.24) is 0 Å². The molecule has 1 unspecified atom stereocenters. The van der Waals surface area contributed by atoms with E-state index < -0.39 is 0 Å². The maximum atomic E-state index is 11.5. The van der Waals surface area contributed by atoms with Gasteiger partial charge in [-0.2, -0.15) is 0 Å². The lowest BCUT2D eigenvalue weighted by Gasteiger charge is -2.15. The van der Waals surface area contributed by atoms with Crippen LogP contribution >= 0.6 is 67.8 Å². The van der Waals surface area contributed by atoms with E-state index in [4.69, 9.17) is 4.74 Å². The number of ketones is 1. The highest BCUT2D eigenvalue weighted by Gasteiger charge is 2.16. The maximum Gasteiger partial charge on any atom is 0.172 e. The van der Waals surface area contributed by atoms with E-state index in [0.29, 0.717) is 6.42 Å². The minimum atomic E-state index is -0.368. The van der Waals surface area contributed by atoms with Crippen LogP contribution in [-0.4, -0.2) is 11.9 Å². The van der Waals surface area contributed by atoms with Crippen molar-refractivity contribution in [2.45, 2.75) is 26.4 Å². The smallest absolute Gasteiger partial charge is 0.172 e. The van der Waals surface area contributed by atoms with E-state index in [1.54, 1.807) is 6.92 Å². The van der Waals surface area contributed by atoms with Crippen LogP contribution in [0.15, 0.2) is 12.1 Å². The maximum absolute atomic E-state index is 11.5. The molecular weight excluding hydrogens is 545 g/mol. The highest BCUT2D eigenvalue weighted by atomic mass is 127. The van der Waals surface area contributed by atoms with E-state index in [1.807, 2.05) is 19.1 Å². The number of Topliss-reactive ketones (excluding diaryl/α,β-unsaturated/α-hetero) is 1. The van der Waals surface area contributed by atoms with Gasteiger partial charge in [0.15, 0.2) is 11.9 Å². The topological polar surface area (TPSA) is 26.3 Å². The van der Waals surface area contributed by atoms with Crippen molar-refractivity contribution in [3.8, 4) is 5.75 Å². The Labute approximate surface area is 136 Å². The Morgan fingerprint density at radius 3 is 2.25 bits per heavy atom. The summed E-state index contributed by atoms with van der Waals surface area (Å²) in [6.07, 6.45) is 0.144. The lowest BCUT2D eigenvalue weighted by Crippen LogP contribution is -2.23. The number of carbonyl (C=O) groups is 1. The SMILES string of the molecule is CCC(=O)C(C)Oc1c(I)cc(I)cc1I. The highest BCUT2D eigenvalue weighted by molar-refractivity contribution is 14.1. The normalized spacial score (nSPS) is 12.3. The van der Waals surface area contributed by atoms with E-state index in [2.05, 4.69) is 67.8 Å². The number of hydrogen-bond acceptors (Lipinski definition) is 2.